The summed E-state index contributed by atoms with van der Waals surface area (Å²) < 4.78 is 2.11. The SMILES string of the molecule is CC(NCc1c(C#N)c2ccccc2n1C)c1ccccc1.Cl. The van der Waals surface area contributed by atoms with Crippen molar-refractivity contribution in [2.45, 2.75) is 19.5 Å². The zero-order valence-electron chi connectivity index (χ0n) is 13.3. The van der Waals surface area contributed by atoms with E-state index in [0.717, 1.165) is 22.2 Å². The number of nitriles is 1. The van der Waals surface area contributed by atoms with E-state index >= 15 is 0 Å². The number of fused-ring (bicyclic) bond motifs is 1. The van der Waals surface area contributed by atoms with Crippen LogP contribution in [0.4, 0.5) is 0 Å². The maximum absolute atomic E-state index is 9.52. The quantitative estimate of drug-likeness (QED) is 0.776. The number of nitrogens with zero attached hydrogens (tertiary/aromatic N) is 2. The molecular weight excluding hydrogens is 306 g/mol. The minimum absolute atomic E-state index is 0. The average molecular weight is 326 g/mol. The number of aromatic nitrogens is 1. The second-order valence-corrected chi connectivity index (χ2v) is 5.52. The van der Waals surface area contributed by atoms with Gasteiger partial charge in [0, 0.05) is 30.5 Å². The normalized spacial score (nSPS) is 11.7. The summed E-state index contributed by atoms with van der Waals surface area (Å²) in [6.07, 6.45) is 0. The maximum Gasteiger partial charge on any atom is 0.102 e. The van der Waals surface area contributed by atoms with Crippen molar-refractivity contribution >= 4 is 23.3 Å². The minimum atomic E-state index is 0. The molecule has 0 spiro atoms. The van der Waals surface area contributed by atoms with Gasteiger partial charge in [-0.1, -0.05) is 48.5 Å². The van der Waals surface area contributed by atoms with E-state index in [1.54, 1.807) is 0 Å². The van der Waals surface area contributed by atoms with E-state index in [1.165, 1.54) is 5.56 Å². The van der Waals surface area contributed by atoms with Gasteiger partial charge in [-0.05, 0) is 18.6 Å². The van der Waals surface area contributed by atoms with Gasteiger partial charge in [0.15, 0.2) is 0 Å². The summed E-state index contributed by atoms with van der Waals surface area (Å²) in [6.45, 7) is 2.81. The fraction of sp³-hybridized carbons (Fsp3) is 0.211. The van der Waals surface area contributed by atoms with Crippen LogP contribution in [0.2, 0.25) is 0 Å². The molecule has 1 N–H and O–H groups in total. The number of rotatable bonds is 4. The summed E-state index contributed by atoms with van der Waals surface area (Å²) in [5.74, 6) is 0. The van der Waals surface area contributed by atoms with E-state index in [4.69, 9.17) is 0 Å². The van der Waals surface area contributed by atoms with Gasteiger partial charge in [0.2, 0.25) is 0 Å². The number of halogens is 1. The second-order valence-electron chi connectivity index (χ2n) is 5.52. The van der Waals surface area contributed by atoms with Gasteiger partial charge in [0.25, 0.3) is 0 Å². The standard InChI is InChI=1S/C19H19N3.ClH/c1-14(15-8-4-3-5-9-15)21-13-19-17(12-20)16-10-6-7-11-18(16)22(19)2;/h3-11,14,21H,13H2,1-2H3;1H. The molecule has 0 amide bonds. The van der Waals surface area contributed by atoms with Crippen LogP contribution in [-0.4, -0.2) is 4.57 Å². The molecule has 0 aliphatic heterocycles. The summed E-state index contributed by atoms with van der Waals surface area (Å²) in [5, 5.41) is 14.1. The molecule has 0 radical (unpaired) electrons. The van der Waals surface area contributed by atoms with Gasteiger partial charge in [-0.2, -0.15) is 5.26 Å². The highest BCUT2D eigenvalue weighted by molar-refractivity contribution is 5.88. The first-order valence-corrected chi connectivity index (χ1v) is 7.47. The molecule has 1 heterocycles. The van der Waals surface area contributed by atoms with E-state index in [2.05, 4.69) is 41.1 Å². The van der Waals surface area contributed by atoms with Crippen LogP contribution < -0.4 is 5.32 Å². The van der Waals surface area contributed by atoms with E-state index < -0.39 is 0 Å². The zero-order valence-corrected chi connectivity index (χ0v) is 14.1. The molecule has 3 aromatic rings. The molecule has 0 aliphatic rings. The first-order chi connectivity index (χ1) is 10.7. The van der Waals surface area contributed by atoms with Crippen molar-refractivity contribution < 1.29 is 0 Å². The lowest BCUT2D eigenvalue weighted by Gasteiger charge is -2.15. The van der Waals surface area contributed by atoms with Crippen molar-refractivity contribution in [1.82, 2.24) is 9.88 Å². The van der Waals surface area contributed by atoms with Crippen LogP contribution in [0.5, 0.6) is 0 Å². The van der Waals surface area contributed by atoms with Crippen LogP contribution >= 0.6 is 12.4 Å². The van der Waals surface area contributed by atoms with Crippen LogP contribution in [0.15, 0.2) is 54.6 Å². The summed E-state index contributed by atoms with van der Waals surface area (Å²) in [4.78, 5) is 0. The van der Waals surface area contributed by atoms with Crippen molar-refractivity contribution in [2.24, 2.45) is 7.05 Å². The van der Waals surface area contributed by atoms with Crippen molar-refractivity contribution in [3.05, 3.63) is 71.4 Å². The molecule has 0 aliphatic carbocycles. The summed E-state index contributed by atoms with van der Waals surface area (Å²) in [6, 6.07) is 21.0. The third kappa shape index (κ3) is 3.24. The van der Waals surface area contributed by atoms with E-state index in [0.29, 0.717) is 6.54 Å². The Balaban J connectivity index is 0.00000192. The molecule has 23 heavy (non-hydrogen) atoms. The molecule has 0 fully saturated rings. The van der Waals surface area contributed by atoms with Crippen LogP contribution in [0, 0.1) is 11.3 Å². The largest absolute Gasteiger partial charge is 0.345 e. The number of hydrogen-bond acceptors (Lipinski definition) is 2. The molecule has 3 rings (SSSR count). The summed E-state index contributed by atoms with van der Waals surface area (Å²) >= 11 is 0. The Morgan fingerprint density at radius 2 is 1.74 bits per heavy atom. The molecule has 0 bridgehead atoms. The van der Waals surface area contributed by atoms with Crippen molar-refractivity contribution in [3.8, 4) is 6.07 Å². The van der Waals surface area contributed by atoms with Crippen molar-refractivity contribution in [3.63, 3.8) is 0 Å². The Kier molecular flexibility index (Phi) is 5.44. The number of nitrogens with one attached hydrogen (secondary N) is 1. The third-order valence-corrected chi connectivity index (χ3v) is 4.22. The fourth-order valence-electron chi connectivity index (χ4n) is 2.89. The first-order valence-electron chi connectivity index (χ1n) is 7.47. The molecule has 0 saturated carbocycles. The predicted molar refractivity (Wildman–Crippen MR) is 96.6 cm³/mol. The summed E-state index contributed by atoms with van der Waals surface area (Å²) in [7, 11) is 2.02. The molecule has 1 atom stereocenters. The van der Waals surface area contributed by atoms with Gasteiger partial charge in [0.1, 0.15) is 6.07 Å². The van der Waals surface area contributed by atoms with E-state index in [9.17, 15) is 5.26 Å². The molecular formula is C19H20ClN3. The molecule has 3 nitrogen and oxygen atoms in total. The Morgan fingerprint density at radius 1 is 1.09 bits per heavy atom. The number of para-hydroxylation sites is 1. The lowest BCUT2D eigenvalue weighted by atomic mass is 10.1. The Labute approximate surface area is 143 Å². The van der Waals surface area contributed by atoms with E-state index in [1.807, 2.05) is 43.4 Å². The monoisotopic (exact) mass is 325 g/mol. The second kappa shape index (κ2) is 7.32. The lowest BCUT2D eigenvalue weighted by Crippen LogP contribution is -2.20. The van der Waals surface area contributed by atoms with Gasteiger partial charge in [0.05, 0.1) is 11.3 Å². The Bertz CT molecular complexity index is 831. The van der Waals surface area contributed by atoms with Crippen LogP contribution in [0.25, 0.3) is 10.9 Å². The third-order valence-electron chi connectivity index (χ3n) is 4.22. The van der Waals surface area contributed by atoms with Gasteiger partial charge in [-0.25, -0.2) is 0 Å². The Morgan fingerprint density at radius 3 is 2.43 bits per heavy atom. The topological polar surface area (TPSA) is 40.8 Å². The Hall–Kier alpha value is -2.28. The van der Waals surface area contributed by atoms with Crippen LogP contribution in [0.1, 0.15) is 29.8 Å². The zero-order chi connectivity index (χ0) is 15.5. The smallest absolute Gasteiger partial charge is 0.102 e. The predicted octanol–water partition coefficient (Wildman–Crippen LogP) is 4.32. The fourth-order valence-corrected chi connectivity index (χ4v) is 2.89. The molecule has 1 aromatic heterocycles. The van der Waals surface area contributed by atoms with Crippen LogP contribution in [-0.2, 0) is 13.6 Å². The van der Waals surface area contributed by atoms with E-state index in [-0.39, 0.29) is 18.4 Å². The van der Waals surface area contributed by atoms with Gasteiger partial charge in [-0.3, -0.25) is 0 Å². The van der Waals surface area contributed by atoms with Gasteiger partial charge >= 0.3 is 0 Å². The first kappa shape index (κ1) is 17.1. The number of benzene rings is 2. The molecule has 1 unspecified atom stereocenters. The van der Waals surface area contributed by atoms with Gasteiger partial charge in [-0.15, -0.1) is 12.4 Å². The van der Waals surface area contributed by atoms with Gasteiger partial charge < -0.3 is 9.88 Å². The number of hydrogen-bond donors (Lipinski definition) is 1. The highest BCUT2D eigenvalue weighted by Crippen LogP contribution is 2.25. The molecule has 2 aromatic carbocycles. The molecule has 4 heteroatoms. The highest BCUT2D eigenvalue weighted by Gasteiger charge is 2.15. The highest BCUT2D eigenvalue weighted by atomic mass is 35.5. The minimum Gasteiger partial charge on any atom is -0.345 e. The number of aryl methyl sites for hydroxylation is 1. The average Bonchev–Trinajstić information content (AvgIpc) is 2.85. The molecule has 0 saturated heterocycles. The van der Waals surface area contributed by atoms with Crippen molar-refractivity contribution in [2.75, 3.05) is 0 Å². The molecule has 118 valence electrons. The van der Waals surface area contributed by atoms with Crippen molar-refractivity contribution in [1.29, 1.82) is 5.26 Å². The maximum atomic E-state index is 9.52. The summed E-state index contributed by atoms with van der Waals surface area (Å²) in [5.41, 5.74) is 4.15. The lowest BCUT2D eigenvalue weighted by molar-refractivity contribution is 0.559. The van der Waals surface area contributed by atoms with Crippen LogP contribution in [0.3, 0.4) is 0 Å².